The van der Waals surface area contributed by atoms with Crippen molar-refractivity contribution in [1.82, 2.24) is 0 Å². The summed E-state index contributed by atoms with van der Waals surface area (Å²) in [7, 11) is -9.67. The van der Waals surface area contributed by atoms with Gasteiger partial charge in [0.15, 0.2) is 11.5 Å². The molecule has 0 spiro atoms. The normalized spacial score (nSPS) is 12.1. The van der Waals surface area contributed by atoms with Crippen molar-refractivity contribution in [1.29, 1.82) is 0 Å². The van der Waals surface area contributed by atoms with E-state index >= 15 is 0 Å². The van der Waals surface area contributed by atoms with Gasteiger partial charge in [0.05, 0.1) is 21.2 Å². The van der Waals surface area contributed by atoms with Gasteiger partial charge in [-0.15, -0.1) is 10.2 Å². The molecular weight excluding hydrogens is 703 g/mol. The molecule has 2 N–H and O–H groups in total. The van der Waals surface area contributed by atoms with Gasteiger partial charge in [-0.25, -0.2) is 16.8 Å². The van der Waals surface area contributed by atoms with Gasteiger partial charge in [-0.2, -0.15) is 10.2 Å². The van der Waals surface area contributed by atoms with Crippen molar-refractivity contribution in [3.63, 3.8) is 0 Å². The number of aromatic hydroxyl groups is 2. The Morgan fingerprint density at radius 2 is 0.800 bits per heavy atom. The number of benzene rings is 6. The molecule has 0 aromatic heterocycles. The summed E-state index contributed by atoms with van der Waals surface area (Å²) < 4.78 is 70.9. The van der Waals surface area contributed by atoms with Crippen LogP contribution in [0.2, 0.25) is 0 Å². The smallest absolute Gasteiger partial charge is 0.744 e. The minimum Gasteiger partial charge on any atom is -0.744 e. The van der Waals surface area contributed by atoms with Crippen LogP contribution in [0, 0.1) is 0 Å². The SMILES string of the molecule is O=S(=O)([O-])c1cc(N=Nc2ccc(/C=C/c3ccc(N=Nc4cc(S(=O)(=O)[O-])c5ccccc5c4O)cc3)cc2)c(O)c2ccccc12.[Na+].[Na+]. The van der Waals surface area contributed by atoms with Crippen molar-refractivity contribution in [3.8, 4) is 11.5 Å². The van der Waals surface area contributed by atoms with E-state index in [9.17, 15) is 36.2 Å². The molecule has 16 heteroatoms. The molecule has 0 saturated heterocycles. The molecule has 6 aromatic carbocycles. The average molecular weight is 725 g/mol. The van der Waals surface area contributed by atoms with Gasteiger partial charge in [-0.1, -0.05) is 84.9 Å². The number of nitrogens with zero attached hydrogens (tertiary/aromatic N) is 4. The van der Waals surface area contributed by atoms with Crippen molar-refractivity contribution in [2.24, 2.45) is 20.5 Å². The Labute approximate surface area is 331 Å². The van der Waals surface area contributed by atoms with E-state index in [0.717, 1.165) is 23.3 Å². The van der Waals surface area contributed by atoms with Crippen LogP contribution in [0.4, 0.5) is 22.7 Å². The second-order valence-corrected chi connectivity index (χ2v) is 13.1. The first kappa shape index (κ1) is 39.0. The molecule has 0 atom stereocenters. The summed E-state index contributed by atoms with van der Waals surface area (Å²) in [6.45, 7) is 0. The number of phenols is 2. The van der Waals surface area contributed by atoms with Gasteiger partial charge >= 0.3 is 59.1 Å². The molecule has 12 nitrogen and oxygen atoms in total. The summed E-state index contributed by atoms with van der Waals surface area (Å²) in [6.07, 6.45) is 3.69. The standard InChI is InChI=1S/C34H24N4O8S2.2Na/c39-33-27-7-3-1-5-25(27)31(47(41,42)43)19-29(33)37-35-23-15-11-21(12-16-23)9-10-22-13-17-24(18-14-22)36-38-30-20-32(48(44,45)46)26-6-2-4-8-28(26)34(30)40;;/h1-20,39-40H,(H,41,42,43)(H,44,45,46);;/q;2*+1/p-2/b10-9+,37-35?,38-36?;;. The van der Waals surface area contributed by atoms with Crippen LogP contribution in [0.25, 0.3) is 33.7 Å². The van der Waals surface area contributed by atoms with Crippen molar-refractivity contribution >= 4 is 76.7 Å². The molecule has 0 amide bonds. The Bertz CT molecular complexity index is 2350. The maximum Gasteiger partial charge on any atom is 1.00 e. The molecule has 6 rings (SSSR count). The molecule has 6 aromatic rings. The zero-order valence-corrected chi connectivity index (χ0v) is 32.1. The quantitative estimate of drug-likeness (QED) is 0.103. The van der Waals surface area contributed by atoms with Crippen LogP contribution in [0.5, 0.6) is 11.5 Å². The summed E-state index contributed by atoms with van der Waals surface area (Å²) in [4.78, 5) is -1.00. The van der Waals surface area contributed by atoms with Crippen molar-refractivity contribution < 1.29 is 95.3 Å². The summed E-state index contributed by atoms with van der Waals surface area (Å²) >= 11 is 0. The maximum atomic E-state index is 11.8. The third kappa shape index (κ3) is 8.73. The third-order valence-corrected chi connectivity index (χ3v) is 9.01. The monoisotopic (exact) mass is 724 g/mol. The first-order valence-electron chi connectivity index (χ1n) is 14.0. The molecule has 0 unspecified atom stereocenters. The largest absolute Gasteiger partial charge is 1.00 e. The number of rotatable bonds is 8. The molecule has 0 aliphatic heterocycles. The molecule has 0 fully saturated rings. The summed E-state index contributed by atoms with van der Waals surface area (Å²) in [6, 6.07) is 27.9. The van der Waals surface area contributed by atoms with E-state index in [0.29, 0.717) is 11.4 Å². The predicted octanol–water partition coefficient (Wildman–Crippen LogP) is 2.22. The number of fused-ring (bicyclic) bond motifs is 2. The molecule has 0 aliphatic rings. The minimum atomic E-state index is -4.84. The molecule has 0 radical (unpaired) electrons. The third-order valence-electron chi connectivity index (χ3n) is 7.26. The summed E-state index contributed by atoms with van der Waals surface area (Å²) in [5, 5.41) is 37.8. The van der Waals surface area contributed by atoms with E-state index in [1.165, 1.54) is 24.3 Å². The Morgan fingerprint density at radius 1 is 0.480 bits per heavy atom. The minimum absolute atomic E-state index is 0. The van der Waals surface area contributed by atoms with Crippen LogP contribution >= 0.6 is 0 Å². The van der Waals surface area contributed by atoms with Crippen LogP contribution in [0.15, 0.2) is 139 Å². The molecular formula is C34H22N4Na2O8S2. The van der Waals surface area contributed by atoms with E-state index in [1.807, 2.05) is 12.2 Å². The van der Waals surface area contributed by atoms with E-state index in [4.69, 9.17) is 0 Å². The van der Waals surface area contributed by atoms with Crippen LogP contribution in [-0.2, 0) is 20.2 Å². The van der Waals surface area contributed by atoms with Gasteiger partial charge in [-0.05, 0) is 47.5 Å². The van der Waals surface area contributed by atoms with Gasteiger partial charge in [0, 0.05) is 21.5 Å². The van der Waals surface area contributed by atoms with E-state index in [-0.39, 0.29) is 104 Å². The summed E-state index contributed by atoms with van der Waals surface area (Å²) in [5.74, 6) is -0.603. The van der Waals surface area contributed by atoms with E-state index in [1.54, 1.807) is 72.8 Å². The zero-order valence-electron chi connectivity index (χ0n) is 26.5. The average Bonchev–Trinajstić information content (AvgIpc) is 3.07. The zero-order chi connectivity index (χ0) is 34.1. The topological polar surface area (TPSA) is 204 Å². The predicted molar refractivity (Wildman–Crippen MR) is 177 cm³/mol. The molecule has 50 heavy (non-hydrogen) atoms. The molecule has 0 bridgehead atoms. The second-order valence-electron chi connectivity index (χ2n) is 10.4. The fourth-order valence-electron chi connectivity index (χ4n) is 4.91. The van der Waals surface area contributed by atoms with E-state index in [2.05, 4.69) is 20.5 Å². The molecule has 0 heterocycles. The number of hydrogen-bond acceptors (Lipinski definition) is 12. The van der Waals surface area contributed by atoms with Crippen molar-refractivity contribution in [2.45, 2.75) is 9.79 Å². The Balaban J connectivity index is 0.00000281. The fraction of sp³-hybridized carbons (Fsp3) is 0. The van der Waals surface area contributed by atoms with Crippen LogP contribution in [0.3, 0.4) is 0 Å². The van der Waals surface area contributed by atoms with Gasteiger partial charge in [0.1, 0.15) is 31.6 Å². The van der Waals surface area contributed by atoms with Gasteiger partial charge < -0.3 is 19.3 Å². The maximum absolute atomic E-state index is 11.8. The van der Waals surface area contributed by atoms with Crippen LogP contribution < -0.4 is 59.1 Å². The second kappa shape index (κ2) is 16.0. The van der Waals surface area contributed by atoms with Gasteiger partial charge in [0.25, 0.3) is 0 Å². The van der Waals surface area contributed by atoms with Crippen molar-refractivity contribution in [2.75, 3.05) is 0 Å². The van der Waals surface area contributed by atoms with Gasteiger partial charge in [-0.3, -0.25) is 0 Å². The first-order valence-corrected chi connectivity index (χ1v) is 16.8. The Hall–Kier alpha value is -3.80. The molecule has 240 valence electrons. The Kier molecular flexibility index (Phi) is 12.5. The number of azo groups is 2. The molecule has 0 aliphatic carbocycles. The van der Waals surface area contributed by atoms with E-state index < -0.39 is 30.0 Å². The van der Waals surface area contributed by atoms with Crippen LogP contribution in [0.1, 0.15) is 11.1 Å². The molecule has 0 saturated carbocycles. The van der Waals surface area contributed by atoms with Crippen LogP contribution in [-0.4, -0.2) is 36.2 Å². The first-order chi connectivity index (χ1) is 22.9. The number of hydrogen-bond donors (Lipinski definition) is 2. The Morgan fingerprint density at radius 3 is 1.12 bits per heavy atom. The fourth-order valence-corrected chi connectivity index (χ4v) is 6.32. The van der Waals surface area contributed by atoms with Crippen molar-refractivity contribution in [3.05, 3.63) is 120 Å². The summed E-state index contributed by atoms with van der Waals surface area (Å²) in [5.41, 5.74) is 2.15. The number of phenolic OH excluding ortho intramolecular Hbond substituents is 2. The van der Waals surface area contributed by atoms with Gasteiger partial charge in [0.2, 0.25) is 0 Å².